The molecule has 2 aromatic rings. The van der Waals surface area contributed by atoms with Gasteiger partial charge in [0.2, 0.25) is 0 Å². The molecule has 0 spiro atoms. The maximum Gasteiger partial charge on any atom is 0.264 e. The van der Waals surface area contributed by atoms with E-state index in [4.69, 9.17) is 4.74 Å². The van der Waals surface area contributed by atoms with Crippen LogP contribution in [0.4, 0.5) is 5.69 Å². The molecule has 1 aliphatic heterocycles. The molecule has 1 N–H and O–H groups in total. The summed E-state index contributed by atoms with van der Waals surface area (Å²) in [7, 11) is 0. The van der Waals surface area contributed by atoms with Gasteiger partial charge in [-0.25, -0.2) is 0 Å². The molecule has 0 aromatic heterocycles. The number of fused-ring (bicyclic) bond motifs is 1. The number of aliphatic hydroxyl groups is 1. The minimum atomic E-state index is -1.80. The van der Waals surface area contributed by atoms with Crippen molar-refractivity contribution in [3.63, 3.8) is 0 Å². The zero-order valence-electron chi connectivity index (χ0n) is 15.4. The van der Waals surface area contributed by atoms with Gasteiger partial charge in [0.15, 0.2) is 5.60 Å². The Hall–Kier alpha value is -2.18. The number of Topliss-reactive ketones (excluding diaryl/α,β-unsaturated/α-hetero) is 1. The van der Waals surface area contributed by atoms with Gasteiger partial charge in [-0.3, -0.25) is 9.59 Å². The summed E-state index contributed by atoms with van der Waals surface area (Å²) in [6.07, 6.45) is 0.372. The van der Waals surface area contributed by atoms with Crippen LogP contribution in [0, 0.1) is 6.92 Å². The number of carbonyl (C=O) groups is 2. The van der Waals surface area contributed by atoms with E-state index in [1.54, 1.807) is 17.0 Å². The molecule has 5 nitrogen and oxygen atoms in total. The van der Waals surface area contributed by atoms with Gasteiger partial charge in [0.25, 0.3) is 5.91 Å². The van der Waals surface area contributed by atoms with Crippen molar-refractivity contribution < 1.29 is 19.4 Å². The first-order valence-electron chi connectivity index (χ1n) is 8.84. The van der Waals surface area contributed by atoms with Crippen molar-refractivity contribution in [1.29, 1.82) is 0 Å². The number of carbonyl (C=O) groups excluding carboxylic acids is 2. The number of halogens is 1. The van der Waals surface area contributed by atoms with Gasteiger partial charge >= 0.3 is 0 Å². The Balaban J connectivity index is 1.72. The molecular formula is C21H22BrNO4. The molecule has 0 saturated carbocycles. The van der Waals surface area contributed by atoms with Gasteiger partial charge in [-0.2, -0.15) is 0 Å². The van der Waals surface area contributed by atoms with Gasteiger partial charge in [0, 0.05) is 23.0 Å². The topological polar surface area (TPSA) is 66.8 Å². The van der Waals surface area contributed by atoms with E-state index >= 15 is 0 Å². The molecule has 6 heteroatoms. The van der Waals surface area contributed by atoms with E-state index < -0.39 is 11.5 Å². The third kappa shape index (κ3) is 4.06. The second kappa shape index (κ2) is 7.82. The average molecular weight is 432 g/mol. The van der Waals surface area contributed by atoms with Crippen LogP contribution in [0.25, 0.3) is 0 Å². The van der Waals surface area contributed by atoms with Crippen molar-refractivity contribution in [2.45, 2.75) is 32.3 Å². The Labute approximate surface area is 167 Å². The molecule has 1 aliphatic rings. The van der Waals surface area contributed by atoms with E-state index in [9.17, 15) is 14.7 Å². The van der Waals surface area contributed by atoms with Crippen molar-refractivity contribution in [3.8, 4) is 5.75 Å². The summed E-state index contributed by atoms with van der Waals surface area (Å²) in [6.45, 7) is 4.23. The lowest BCUT2D eigenvalue weighted by Gasteiger charge is -2.22. The second-order valence-electron chi connectivity index (χ2n) is 6.88. The van der Waals surface area contributed by atoms with Gasteiger partial charge in [-0.15, -0.1) is 0 Å². The Kier molecular flexibility index (Phi) is 5.67. The lowest BCUT2D eigenvalue weighted by molar-refractivity contribution is -0.141. The Morgan fingerprint density at radius 1 is 1.26 bits per heavy atom. The summed E-state index contributed by atoms with van der Waals surface area (Å²) in [6, 6.07) is 13.1. The summed E-state index contributed by atoms with van der Waals surface area (Å²) < 4.78 is 6.49. The van der Waals surface area contributed by atoms with Crippen LogP contribution in [0.3, 0.4) is 0 Å². The molecule has 0 saturated heterocycles. The highest BCUT2D eigenvalue weighted by atomic mass is 79.9. The highest BCUT2D eigenvalue weighted by Gasteiger charge is 2.50. The average Bonchev–Trinajstić information content (AvgIpc) is 2.79. The highest BCUT2D eigenvalue weighted by Crippen LogP contribution is 2.43. The predicted octanol–water partition coefficient (Wildman–Crippen LogP) is 3.74. The monoisotopic (exact) mass is 431 g/mol. The molecule has 1 atom stereocenters. The molecule has 1 heterocycles. The Bertz CT molecular complexity index is 882. The van der Waals surface area contributed by atoms with Crippen LogP contribution in [-0.4, -0.2) is 29.9 Å². The van der Waals surface area contributed by atoms with Crippen LogP contribution in [0.2, 0.25) is 0 Å². The number of benzene rings is 2. The summed E-state index contributed by atoms with van der Waals surface area (Å²) >= 11 is 3.37. The van der Waals surface area contributed by atoms with Crippen molar-refractivity contribution >= 4 is 33.3 Å². The Morgan fingerprint density at radius 2 is 2.04 bits per heavy atom. The molecular weight excluding hydrogens is 410 g/mol. The van der Waals surface area contributed by atoms with E-state index in [1.165, 1.54) is 6.92 Å². The van der Waals surface area contributed by atoms with Gasteiger partial charge in [-0.05, 0) is 56.2 Å². The molecule has 0 fully saturated rings. The number of ketones is 1. The minimum absolute atomic E-state index is 0.231. The van der Waals surface area contributed by atoms with Crippen LogP contribution >= 0.6 is 15.9 Å². The van der Waals surface area contributed by atoms with Crippen LogP contribution in [0.15, 0.2) is 46.9 Å². The molecule has 142 valence electrons. The summed E-state index contributed by atoms with van der Waals surface area (Å²) in [5.41, 5.74) is 0.428. The SMILES string of the molecule is CC(=O)C[C@@]1(O)C(=O)N(CCCOc2cccc(C)c2)c2ccc(Br)cc21. The first-order valence-corrected chi connectivity index (χ1v) is 9.64. The quantitative estimate of drug-likeness (QED) is 0.677. The van der Waals surface area contributed by atoms with Crippen LogP contribution in [0.1, 0.15) is 30.9 Å². The zero-order valence-corrected chi connectivity index (χ0v) is 17.0. The predicted molar refractivity (Wildman–Crippen MR) is 107 cm³/mol. The molecule has 0 radical (unpaired) electrons. The van der Waals surface area contributed by atoms with E-state index in [-0.39, 0.29) is 12.2 Å². The van der Waals surface area contributed by atoms with Crippen molar-refractivity contribution in [1.82, 2.24) is 0 Å². The molecule has 0 unspecified atom stereocenters. The van der Waals surface area contributed by atoms with Crippen LogP contribution in [0.5, 0.6) is 5.75 Å². The standard InChI is InChI=1S/C21H22BrNO4/c1-14-5-3-6-17(11-14)27-10-4-9-23-19-8-7-16(22)12-18(19)21(26,20(23)25)13-15(2)24/h3,5-8,11-12,26H,4,9-10,13H2,1-2H3/t21-/m0/s1. The minimum Gasteiger partial charge on any atom is -0.494 e. The molecule has 2 aromatic carbocycles. The van der Waals surface area contributed by atoms with Gasteiger partial charge in [0.1, 0.15) is 11.5 Å². The lowest BCUT2D eigenvalue weighted by atomic mass is 9.90. The van der Waals surface area contributed by atoms with Crippen molar-refractivity contribution in [2.75, 3.05) is 18.1 Å². The van der Waals surface area contributed by atoms with Crippen LogP contribution in [-0.2, 0) is 15.2 Å². The Morgan fingerprint density at radius 3 is 2.74 bits per heavy atom. The third-order valence-electron chi connectivity index (χ3n) is 4.58. The smallest absolute Gasteiger partial charge is 0.264 e. The van der Waals surface area contributed by atoms with Crippen molar-refractivity contribution in [2.24, 2.45) is 0 Å². The number of amides is 1. The van der Waals surface area contributed by atoms with Gasteiger partial charge < -0.3 is 14.7 Å². The highest BCUT2D eigenvalue weighted by molar-refractivity contribution is 9.10. The first-order chi connectivity index (χ1) is 12.8. The van der Waals surface area contributed by atoms with E-state index in [0.717, 1.165) is 15.8 Å². The summed E-state index contributed by atoms with van der Waals surface area (Å²) in [5, 5.41) is 11.0. The zero-order chi connectivity index (χ0) is 19.6. The number of hydrogen-bond acceptors (Lipinski definition) is 4. The normalized spacial score (nSPS) is 18.5. The van der Waals surface area contributed by atoms with Crippen molar-refractivity contribution in [3.05, 3.63) is 58.1 Å². The largest absolute Gasteiger partial charge is 0.494 e. The number of hydrogen-bond donors (Lipinski definition) is 1. The van der Waals surface area contributed by atoms with Gasteiger partial charge in [0.05, 0.1) is 12.3 Å². The summed E-state index contributed by atoms with van der Waals surface area (Å²) in [4.78, 5) is 26.1. The van der Waals surface area contributed by atoms with E-state index in [0.29, 0.717) is 30.8 Å². The van der Waals surface area contributed by atoms with E-state index in [2.05, 4.69) is 15.9 Å². The molecule has 1 amide bonds. The molecule has 3 rings (SSSR count). The fraction of sp³-hybridized carbons (Fsp3) is 0.333. The third-order valence-corrected chi connectivity index (χ3v) is 5.08. The number of nitrogens with zero attached hydrogens (tertiary/aromatic N) is 1. The lowest BCUT2D eigenvalue weighted by Crippen LogP contribution is -2.42. The number of aryl methyl sites for hydroxylation is 1. The maximum atomic E-state index is 12.9. The molecule has 0 bridgehead atoms. The number of anilines is 1. The van der Waals surface area contributed by atoms with Gasteiger partial charge in [-0.1, -0.05) is 28.1 Å². The van der Waals surface area contributed by atoms with E-state index in [1.807, 2.05) is 37.3 Å². The molecule has 0 aliphatic carbocycles. The first kappa shape index (κ1) is 19.6. The molecule has 27 heavy (non-hydrogen) atoms. The maximum absolute atomic E-state index is 12.9. The summed E-state index contributed by atoms with van der Waals surface area (Å²) in [5.74, 6) is 0.0999. The number of ether oxygens (including phenoxy) is 1. The second-order valence-corrected chi connectivity index (χ2v) is 7.79. The fourth-order valence-corrected chi connectivity index (χ4v) is 3.75. The number of rotatable bonds is 7. The fourth-order valence-electron chi connectivity index (χ4n) is 3.39. The van der Waals surface area contributed by atoms with Crippen LogP contribution < -0.4 is 9.64 Å².